The van der Waals surface area contributed by atoms with Gasteiger partial charge >= 0.3 is 0 Å². The molecule has 0 saturated heterocycles. The maximum atomic E-state index is 10.8. The Kier molecular flexibility index (Phi) is 6.34. The van der Waals surface area contributed by atoms with Gasteiger partial charge in [0.1, 0.15) is 0 Å². The highest BCUT2D eigenvalue weighted by Crippen LogP contribution is 2.39. The van der Waals surface area contributed by atoms with Gasteiger partial charge in [0, 0.05) is 33.5 Å². The Morgan fingerprint density at radius 3 is 2.50 bits per heavy atom. The Morgan fingerprint density at radius 2 is 1.82 bits per heavy atom. The molecule has 8 heteroatoms. The number of non-ortho nitro benzene ring substituents is 1. The van der Waals surface area contributed by atoms with Crippen molar-refractivity contribution in [3.63, 3.8) is 0 Å². The lowest BCUT2D eigenvalue weighted by Gasteiger charge is -2.14. The van der Waals surface area contributed by atoms with E-state index < -0.39 is 4.92 Å². The van der Waals surface area contributed by atoms with Crippen LogP contribution < -0.4 is 5.32 Å². The normalized spacial score (nSPS) is 10.7. The highest BCUT2D eigenvalue weighted by atomic mass is 35.5. The number of rotatable bonds is 6. The summed E-state index contributed by atoms with van der Waals surface area (Å²) in [5.41, 5.74) is 2.14. The van der Waals surface area contributed by atoms with Crippen LogP contribution >= 0.6 is 35.0 Å². The molecule has 0 saturated carbocycles. The van der Waals surface area contributed by atoms with Crippen molar-refractivity contribution in [3.05, 3.63) is 85.9 Å². The number of anilines is 1. The number of halogens is 2. The van der Waals surface area contributed by atoms with Crippen molar-refractivity contribution in [2.75, 3.05) is 5.32 Å². The summed E-state index contributed by atoms with van der Waals surface area (Å²) < 4.78 is 0. The lowest BCUT2D eigenvalue weighted by molar-refractivity contribution is -0.384. The first kappa shape index (κ1) is 20.3. The molecule has 0 atom stereocenters. The first-order chi connectivity index (χ1) is 13.4. The van der Waals surface area contributed by atoms with Gasteiger partial charge in [0.15, 0.2) is 5.75 Å². The largest absolute Gasteiger partial charge is 0.504 e. The van der Waals surface area contributed by atoms with Gasteiger partial charge in [-0.1, -0.05) is 53.2 Å². The minimum atomic E-state index is -0.420. The molecule has 28 heavy (non-hydrogen) atoms. The van der Waals surface area contributed by atoms with Crippen LogP contribution in [0.15, 0.2) is 64.4 Å². The topological polar surface area (TPSA) is 75.4 Å². The summed E-state index contributed by atoms with van der Waals surface area (Å²) >= 11 is 13.8. The third-order valence-electron chi connectivity index (χ3n) is 4.14. The van der Waals surface area contributed by atoms with Gasteiger partial charge in [-0.25, -0.2) is 0 Å². The van der Waals surface area contributed by atoms with E-state index in [2.05, 4.69) is 5.32 Å². The standard InChI is InChI=1S/C20H16Cl2N2O3S/c1-12-16(21)10-17(20(25)19(12)22)23-11-13-4-2-3-5-18(13)28-15-8-6-14(7-9-15)24(26)27/h2-10,23,25H,11H2,1H3. The summed E-state index contributed by atoms with van der Waals surface area (Å²) in [4.78, 5) is 12.3. The molecule has 0 aromatic heterocycles. The van der Waals surface area contributed by atoms with E-state index in [1.807, 2.05) is 24.3 Å². The SMILES string of the molecule is Cc1c(Cl)cc(NCc2ccccc2Sc2ccc([N+](=O)[O-])cc2)c(O)c1Cl. The molecule has 5 nitrogen and oxygen atoms in total. The lowest BCUT2D eigenvalue weighted by Crippen LogP contribution is -2.02. The third-order valence-corrected chi connectivity index (χ3v) is 6.12. The number of nitrogens with one attached hydrogen (secondary N) is 1. The summed E-state index contributed by atoms with van der Waals surface area (Å²) in [5.74, 6) is -0.0379. The summed E-state index contributed by atoms with van der Waals surface area (Å²) in [7, 11) is 0. The number of phenols is 1. The highest BCUT2D eigenvalue weighted by molar-refractivity contribution is 7.99. The second-order valence-electron chi connectivity index (χ2n) is 6.01. The van der Waals surface area contributed by atoms with E-state index in [-0.39, 0.29) is 16.5 Å². The number of nitro benzene ring substituents is 1. The van der Waals surface area contributed by atoms with Crippen LogP contribution in [0.25, 0.3) is 0 Å². The molecule has 0 radical (unpaired) electrons. The van der Waals surface area contributed by atoms with Gasteiger partial charge in [0.25, 0.3) is 5.69 Å². The number of hydrogen-bond donors (Lipinski definition) is 2. The number of phenolic OH excluding ortho intramolecular Hbond substituents is 1. The Labute approximate surface area is 176 Å². The molecule has 0 heterocycles. The van der Waals surface area contributed by atoms with Gasteiger partial charge in [-0.3, -0.25) is 10.1 Å². The molecule has 0 spiro atoms. The van der Waals surface area contributed by atoms with Crippen molar-refractivity contribution in [3.8, 4) is 5.75 Å². The number of benzene rings is 3. The number of nitrogens with zero attached hydrogens (tertiary/aromatic N) is 1. The Bertz CT molecular complexity index is 1030. The van der Waals surface area contributed by atoms with Crippen LogP contribution in [0.5, 0.6) is 5.75 Å². The number of aromatic hydroxyl groups is 1. The molecule has 3 rings (SSSR count). The molecule has 144 valence electrons. The van der Waals surface area contributed by atoms with Crippen LogP contribution in [0.3, 0.4) is 0 Å². The highest BCUT2D eigenvalue weighted by Gasteiger charge is 2.13. The van der Waals surface area contributed by atoms with Crippen LogP contribution in [-0.2, 0) is 6.54 Å². The van der Waals surface area contributed by atoms with E-state index in [1.165, 1.54) is 23.9 Å². The molecular weight excluding hydrogens is 419 g/mol. The molecule has 0 bridgehead atoms. The zero-order valence-corrected chi connectivity index (χ0v) is 17.1. The molecule has 0 fully saturated rings. The average molecular weight is 435 g/mol. The van der Waals surface area contributed by atoms with E-state index >= 15 is 0 Å². The molecule has 0 aliphatic rings. The molecule has 0 unspecified atom stereocenters. The molecule has 0 aliphatic carbocycles. The smallest absolute Gasteiger partial charge is 0.269 e. The second-order valence-corrected chi connectivity index (χ2v) is 7.91. The van der Waals surface area contributed by atoms with Crippen LogP contribution in [0, 0.1) is 17.0 Å². The van der Waals surface area contributed by atoms with Crippen LogP contribution in [-0.4, -0.2) is 10.0 Å². The zero-order chi connectivity index (χ0) is 20.3. The quantitative estimate of drug-likeness (QED) is 0.257. The number of hydrogen-bond acceptors (Lipinski definition) is 5. The maximum Gasteiger partial charge on any atom is 0.269 e. The monoisotopic (exact) mass is 434 g/mol. The van der Waals surface area contributed by atoms with Crippen molar-refractivity contribution in [1.29, 1.82) is 0 Å². The second kappa shape index (κ2) is 8.73. The molecule has 0 aliphatic heterocycles. The maximum absolute atomic E-state index is 10.8. The van der Waals surface area contributed by atoms with Crippen molar-refractivity contribution in [2.45, 2.75) is 23.3 Å². The van der Waals surface area contributed by atoms with Gasteiger partial charge in [0.2, 0.25) is 0 Å². The summed E-state index contributed by atoms with van der Waals surface area (Å²) in [6, 6.07) is 15.8. The summed E-state index contributed by atoms with van der Waals surface area (Å²) in [5, 5.41) is 24.9. The van der Waals surface area contributed by atoms with Gasteiger partial charge in [-0.15, -0.1) is 0 Å². The Morgan fingerprint density at radius 1 is 1.14 bits per heavy atom. The van der Waals surface area contributed by atoms with E-state index in [4.69, 9.17) is 23.2 Å². The molecule has 3 aromatic rings. The minimum Gasteiger partial charge on any atom is -0.504 e. The van der Waals surface area contributed by atoms with Gasteiger partial charge in [0.05, 0.1) is 15.6 Å². The van der Waals surface area contributed by atoms with Crippen molar-refractivity contribution < 1.29 is 10.0 Å². The van der Waals surface area contributed by atoms with E-state index in [1.54, 1.807) is 25.1 Å². The van der Waals surface area contributed by atoms with Gasteiger partial charge < -0.3 is 10.4 Å². The van der Waals surface area contributed by atoms with E-state index in [9.17, 15) is 15.2 Å². The van der Waals surface area contributed by atoms with Gasteiger partial charge in [-0.05, 0) is 42.3 Å². The average Bonchev–Trinajstić information content (AvgIpc) is 2.69. The predicted octanol–water partition coefficient (Wildman–Crippen LogP) is 6.68. The number of nitro groups is 1. The van der Waals surface area contributed by atoms with Gasteiger partial charge in [-0.2, -0.15) is 0 Å². The fraction of sp³-hybridized carbons (Fsp3) is 0.100. The molecule has 2 N–H and O–H groups in total. The fourth-order valence-electron chi connectivity index (χ4n) is 2.54. The molecule has 0 amide bonds. The minimum absolute atomic E-state index is 0.0379. The van der Waals surface area contributed by atoms with Crippen molar-refractivity contribution >= 4 is 46.3 Å². The molecular formula is C20H16Cl2N2O3S. The third kappa shape index (κ3) is 4.52. The summed E-state index contributed by atoms with van der Waals surface area (Å²) in [6.07, 6.45) is 0. The van der Waals surface area contributed by atoms with E-state index in [0.29, 0.717) is 22.8 Å². The Hall–Kier alpha value is -2.41. The predicted molar refractivity (Wildman–Crippen MR) is 114 cm³/mol. The Balaban J connectivity index is 1.79. The first-order valence-corrected chi connectivity index (χ1v) is 9.85. The first-order valence-electron chi connectivity index (χ1n) is 8.28. The zero-order valence-electron chi connectivity index (χ0n) is 14.8. The van der Waals surface area contributed by atoms with Crippen LogP contribution in [0.4, 0.5) is 11.4 Å². The van der Waals surface area contributed by atoms with Crippen LogP contribution in [0.2, 0.25) is 10.0 Å². The molecule has 3 aromatic carbocycles. The van der Waals surface area contributed by atoms with Crippen LogP contribution in [0.1, 0.15) is 11.1 Å². The summed E-state index contributed by atoms with van der Waals surface area (Å²) in [6.45, 7) is 2.18. The lowest BCUT2D eigenvalue weighted by atomic mass is 10.2. The fourth-order valence-corrected chi connectivity index (χ4v) is 3.94. The van der Waals surface area contributed by atoms with Crippen molar-refractivity contribution in [1.82, 2.24) is 0 Å². The van der Waals surface area contributed by atoms with E-state index in [0.717, 1.165) is 15.4 Å². The van der Waals surface area contributed by atoms with Crippen molar-refractivity contribution in [2.24, 2.45) is 0 Å².